The minimum absolute atomic E-state index is 0.181. The largest absolute Gasteiger partial charge is 0.294 e. The van der Waals surface area contributed by atoms with Crippen molar-refractivity contribution < 1.29 is 25.9 Å². The molecule has 2 aromatic rings. The van der Waals surface area contributed by atoms with Crippen molar-refractivity contribution in [1.29, 1.82) is 0 Å². The third kappa shape index (κ3) is 4.73. The van der Waals surface area contributed by atoms with E-state index in [0.29, 0.717) is 0 Å². The average molecular weight is 378 g/mol. The van der Waals surface area contributed by atoms with E-state index in [2.05, 4.69) is 0 Å². The Morgan fingerprint density at radius 3 is 1.09 bits per heavy atom. The maximum absolute atomic E-state index is 10.9. The van der Waals surface area contributed by atoms with Crippen molar-refractivity contribution >= 4 is 41.8 Å². The van der Waals surface area contributed by atoms with Gasteiger partial charge in [-0.2, -0.15) is 16.8 Å². The fraction of sp³-hybridized carbons (Fsp3) is 0. The summed E-state index contributed by atoms with van der Waals surface area (Å²) in [6.45, 7) is 0. The van der Waals surface area contributed by atoms with Crippen LogP contribution >= 0.6 is 21.6 Å². The summed E-state index contributed by atoms with van der Waals surface area (Å²) < 4.78 is 61.4. The average Bonchev–Trinajstić information content (AvgIpc) is 2.44. The first-order chi connectivity index (χ1) is 10.2. The Bertz CT molecular complexity index is 779. The first-order valence-corrected chi connectivity index (χ1v) is 10.7. The molecule has 0 spiro atoms. The van der Waals surface area contributed by atoms with Crippen molar-refractivity contribution in [2.24, 2.45) is 0 Å². The number of hydrogen-bond donors (Lipinski definition) is 2. The Kier molecular flexibility index (Phi) is 5.20. The lowest BCUT2D eigenvalue weighted by Gasteiger charge is -2.03. The zero-order valence-corrected chi connectivity index (χ0v) is 14.0. The van der Waals surface area contributed by atoms with Gasteiger partial charge in [0.2, 0.25) is 0 Å². The smallest absolute Gasteiger partial charge is 0.282 e. The van der Waals surface area contributed by atoms with Crippen molar-refractivity contribution in [3.8, 4) is 0 Å². The lowest BCUT2D eigenvalue weighted by Crippen LogP contribution is -1.97. The van der Waals surface area contributed by atoms with Gasteiger partial charge in [-0.15, -0.1) is 0 Å². The van der Waals surface area contributed by atoms with Gasteiger partial charge in [-0.05, 0) is 48.5 Å². The highest BCUT2D eigenvalue weighted by atomic mass is 33.1. The molecular weight excluding hydrogens is 368 g/mol. The fourth-order valence-electron chi connectivity index (χ4n) is 1.43. The molecule has 0 aliphatic heterocycles. The summed E-state index contributed by atoms with van der Waals surface area (Å²) >= 11 is 0. The number of hydrogen-bond acceptors (Lipinski definition) is 6. The first-order valence-electron chi connectivity index (χ1n) is 5.66. The molecule has 2 aromatic carbocycles. The van der Waals surface area contributed by atoms with Gasteiger partial charge in [-0.1, -0.05) is 21.6 Å². The van der Waals surface area contributed by atoms with Gasteiger partial charge in [0.15, 0.2) is 0 Å². The topological polar surface area (TPSA) is 109 Å². The van der Waals surface area contributed by atoms with Crippen LogP contribution in [0.1, 0.15) is 0 Å². The van der Waals surface area contributed by atoms with Gasteiger partial charge < -0.3 is 0 Å². The fourth-order valence-corrected chi connectivity index (χ4v) is 4.32. The molecule has 0 amide bonds. The van der Waals surface area contributed by atoms with E-state index >= 15 is 0 Å². The molecule has 10 heteroatoms. The van der Waals surface area contributed by atoms with E-state index in [0.717, 1.165) is 9.79 Å². The van der Waals surface area contributed by atoms with Crippen LogP contribution in [-0.4, -0.2) is 25.9 Å². The van der Waals surface area contributed by atoms with Gasteiger partial charge >= 0.3 is 0 Å². The first kappa shape index (κ1) is 17.3. The normalized spacial score (nSPS) is 12.3. The van der Waals surface area contributed by atoms with E-state index < -0.39 is 20.2 Å². The third-order valence-electron chi connectivity index (χ3n) is 2.48. The van der Waals surface area contributed by atoms with Gasteiger partial charge in [-0.3, -0.25) is 9.11 Å². The molecule has 0 radical (unpaired) electrons. The predicted molar refractivity (Wildman–Crippen MR) is 84.2 cm³/mol. The van der Waals surface area contributed by atoms with Gasteiger partial charge in [0.25, 0.3) is 20.2 Å². The number of rotatable bonds is 5. The highest BCUT2D eigenvalue weighted by Gasteiger charge is 2.10. The lowest BCUT2D eigenvalue weighted by atomic mass is 10.4. The molecule has 0 aliphatic carbocycles. The van der Waals surface area contributed by atoms with Crippen molar-refractivity contribution in [1.82, 2.24) is 0 Å². The molecule has 0 aromatic heterocycles. The summed E-state index contributed by atoms with van der Waals surface area (Å²) in [5.74, 6) is 0. The van der Waals surface area contributed by atoms with Crippen LogP contribution in [0.25, 0.3) is 0 Å². The molecule has 0 heterocycles. The maximum atomic E-state index is 10.9. The second-order valence-corrected chi connectivity index (χ2v) is 9.18. The van der Waals surface area contributed by atoms with E-state index in [1.807, 2.05) is 0 Å². The van der Waals surface area contributed by atoms with Gasteiger partial charge in [0, 0.05) is 9.79 Å². The Balaban J connectivity index is 2.04. The summed E-state index contributed by atoms with van der Waals surface area (Å²) in [6, 6.07) is 11.4. The van der Waals surface area contributed by atoms with Gasteiger partial charge in [0.1, 0.15) is 0 Å². The van der Waals surface area contributed by atoms with Crippen LogP contribution in [-0.2, 0) is 20.2 Å². The minimum Gasteiger partial charge on any atom is -0.282 e. The highest BCUT2D eigenvalue weighted by molar-refractivity contribution is 8.76. The summed E-state index contributed by atoms with van der Waals surface area (Å²) in [4.78, 5) is 1.16. The van der Waals surface area contributed by atoms with E-state index in [9.17, 15) is 16.8 Å². The van der Waals surface area contributed by atoms with Crippen LogP contribution in [0.5, 0.6) is 0 Å². The molecule has 0 saturated heterocycles. The van der Waals surface area contributed by atoms with Crippen LogP contribution in [0.15, 0.2) is 68.1 Å². The summed E-state index contributed by atoms with van der Waals surface area (Å²) in [6.07, 6.45) is 0. The molecule has 0 unspecified atom stereocenters. The van der Waals surface area contributed by atoms with Crippen molar-refractivity contribution in [3.63, 3.8) is 0 Å². The van der Waals surface area contributed by atoms with Crippen molar-refractivity contribution in [2.45, 2.75) is 19.6 Å². The zero-order chi connectivity index (χ0) is 16.4. The van der Waals surface area contributed by atoms with E-state index in [-0.39, 0.29) is 9.79 Å². The summed E-state index contributed by atoms with van der Waals surface area (Å²) in [5.41, 5.74) is 0. The highest BCUT2D eigenvalue weighted by Crippen LogP contribution is 2.37. The molecule has 2 rings (SSSR count). The van der Waals surface area contributed by atoms with Crippen LogP contribution in [0.4, 0.5) is 0 Å². The standard InChI is InChI=1S/C12H10O6S4/c13-21(14,15)11-5-1-9(2-6-11)19-20-10-3-7-12(8-4-10)22(16,17)18/h1-8H,(H,13,14,15)(H,16,17,18). The zero-order valence-electron chi connectivity index (χ0n) is 10.8. The van der Waals surface area contributed by atoms with Crippen molar-refractivity contribution in [3.05, 3.63) is 48.5 Å². The second kappa shape index (κ2) is 6.60. The predicted octanol–water partition coefficient (Wildman–Crippen LogP) is 2.98. The SMILES string of the molecule is O=S(=O)(O)c1ccc(SSc2ccc(S(=O)(=O)O)cc2)cc1. The van der Waals surface area contributed by atoms with E-state index in [1.165, 1.54) is 45.9 Å². The molecule has 2 N–H and O–H groups in total. The molecule has 22 heavy (non-hydrogen) atoms. The Labute approximate surface area is 135 Å². The molecule has 0 aliphatic rings. The molecular formula is C12H10O6S4. The molecule has 0 bridgehead atoms. The quantitative estimate of drug-likeness (QED) is 0.604. The second-order valence-electron chi connectivity index (χ2n) is 4.06. The van der Waals surface area contributed by atoms with Crippen LogP contribution in [0.2, 0.25) is 0 Å². The van der Waals surface area contributed by atoms with Crippen molar-refractivity contribution in [2.75, 3.05) is 0 Å². The van der Waals surface area contributed by atoms with Crippen LogP contribution < -0.4 is 0 Å². The molecule has 0 saturated carbocycles. The van der Waals surface area contributed by atoms with E-state index in [1.54, 1.807) is 24.3 Å². The van der Waals surface area contributed by atoms with Gasteiger partial charge in [-0.25, -0.2) is 0 Å². The number of benzene rings is 2. The molecule has 0 atom stereocenters. The third-order valence-corrected chi connectivity index (χ3v) is 6.63. The monoisotopic (exact) mass is 378 g/mol. The Morgan fingerprint density at radius 1 is 0.591 bits per heavy atom. The van der Waals surface area contributed by atoms with Crippen LogP contribution in [0.3, 0.4) is 0 Å². The maximum Gasteiger partial charge on any atom is 0.294 e. The summed E-state index contributed by atoms with van der Waals surface area (Å²) in [5, 5.41) is 0. The lowest BCUT2D eigenvalue weighted by molar-refractivity contribution is 0.481. The summed E-state index contributed by atoms with van der Waals surface area (Å²) in [7, 11) is -5.74. The molecule has 118 valence electrons. The van der Waals surface area contributed by atoms with Gasteiger partial charge in [0.05, 0.1) is 9.79 Å². The van der Waals surface area contributed by atoms with E-state index in [4.69, 9.17) is 9.11 Å². The van der Waals surface area contributed by atoms with Crippen LogP contribution in [0, 0.1) is 0 Å². The minimum atomic E-state index is -4.20. The Morgan fingerprint density at radius 2 is 0.864 bits per heavy atom. The molecule has 6 nitrogen and oxygen atoms in total. The molecule has 0 fully saturated rings. The Hall–Kier alpha value is -1.04.